The van der Waals surface area contributed by atoms with Gasteiger partial charge in [0.05, 0.1) is 6.61 Å². The molecule has 1 aliphatic heterocycles. The molecule has 0 amide bonds. The van der Waals surface area contributed by atoms with Crippen LogP contribution >= 0.6 is 0 Å². The van der Waals surface area contributed by atoms with Gasteiger partial charge in [-0.2, -0.15) is 0 Å². The van der Waals surface area contributed by atoms with Gasteiger partial charge in [-0.3, -0.25) is 4.99 Å². The first-order valence-corrected chi connectivity index (χ1v) is 6.16. The minimum atomic E-state index is 0.713. The summed E-state index contributed by atoms with van der Waals surface area (Å²) < 4.78 is 5.45. The van der Waals surface area contributed by atoms with E-state index in [2.05, 4.69) is 31.0 Å². The zero-order valence-electron chi connectivity index (χ0n) is 10.8. The van der Waals surface area contributed by atoms with Crippen LogP contribution in [0.5, 0.6) is 5.75 Å². The molecule has 1 aromatic rings. The third-order valence-electron chi connectivity index (χ3n) is 3.20. The molecule has 0 N–H and O–H groups in total. The van der Waals surface area contributed by atoms with Crippen LogP contribution in [0.1, 0.15) is 32.8 Å². The van der Waals surface area contributed by atoms with Crippen LogP contribution in [0.25, 0.3) is 5.57 Å². The molecule has 0 aromatic heterocycles. The normalized spacial score (nSPS) is 17.9. The summed E-state index contributed by atoms with van der Waals surface area (Å²) in [6, 6.07) is 8.31. The lowest BCUT2D eigenvalue weighted by Gasteiger charge is -2.08. The van der Waals surface area contributed by atoms with Gasteiger partial charge in [0.15, 0.2) is 0 Å². The maximum absolute atomic E-state index is 5.45. The van der Waals surface area contributed by atoms with Crippen molar-refractivity contribution in [3.05, 3.63) is 35.4 Å². The highest BCUT2D eigenvalue weighted by Gasteiger charge is 2.12. The Hall–Kier alpha value is -1.57. The van der Waals surface area contributed by atoms with E-state index < -0.39 is 0 Å². The quantitative estimate of drug-likeness (QED) is 0.774. The third-order valence-corrected chi connectivity index (χ3v) is 3.20. The predicted octanol–water partition coefficient (Wildman–Crippen LogP) is 3.72. The molecule has 2 nitrogen and oxygen atoms in total. The summed E-state index contributed by atoms with van der Waals surface area (Å²) in [6.07, 6.45) is 1.07. The standard InChI is InChI=1S/C15H19NO/c1-4-17-14-7-5-13(6-8-14)11(2)15-9-10-16-12(15)3/h5-8H,4,9-10H2,1-3H3/b15-11+. The molecule has 0 fully saturated rings. The van der Waals surface area contributed by atoms with Gasteiger partial charge in [-0.15, -0.1) is 0 Å². The predicted molar refractivity (Wildman–Crippen MR) is 72.8 cm³/mol. The van der Waals surface area contributed by atoms with Crippen LogP contribution in [-0.4, -0.2) is 18.9 Å². The largest absolute Gasteiger partial charge is 0.494 e. The smallest absolute Gasteiger partial charge is 0.119 e. The summed E-state index contributed by atoms with van der Waals surface area (Å²) in [7, 11) is 0. The van der Waals surface area contributed by atoms with Gasteiger partial charge in [0.25, 0.3) is 0 Å². The first kappa shape index (κ1) is 11.9. The highest BCUT2D eigenvalue weighted by atomic mass is 16.5. The van der Waals surface area contributed by atoms with Gasteiger partial charge in [-0.25, -0.2) is 0 Å². The van der Waals surface area contributed by atoms with Crippen molar-refractivity contribution in [3.63, 3.8) is 0 Å². The van der Waals surface area contributed by atoms with Gasteiger partial charge in [0.2, 0.25) is 0 Å². The molecule has 0 radical (unpaired) electrons. The SMILES string of the molecule is CCOc1ccc(/C(C)=C2\CCN=C2C)cc1. The molecule has 0 atom stereocenters. The second-order valence-electron chi connectivity index (χ2n) is 4.28. The van der Waals surface area contributed by atoms with E-state index in [-0.39, 0.29) is 0 Å². The Bertz CT molecular complexity index is 454. The van der Waals surface area contributed by atoms with Crippen LogP contribution in [0.2, 0.25) is 0 Å². The Labute approximate surface area is 103 Å². The summed E-state index contributed by atoms with van der Waals surface area (Å²) in [5.74, 6) is 0.936. The fourth-order valence-electron chi connectivity index (χ4n) is 2.21. The van der Waals surface area contributed by atoms with Crippen molar-refractivity contribution < 1.29 is 4.74 Å². The maximum atomic E-state index is 5.45. The Kier molecular flexibility index (Phi) is 3.62. The molecule has 0 aliphatic carbocycles. The lowest BCUT2D eigenvalue weighted by molar-refractivity contribution is 0.340. The van der Waals surface area contributed by atoms with Crippen molar-refractivity contribution >= 4 is 11.3 Å². The number of rotatable bonds is 3. The molecule has 0 saturated heterocycles. The van der Waals surface area contributed by atoms with Crippen molar-refractivity contribution in [2.45, 2.75) is 27.2 Å². The molecule has 1 heterocycles. The highest BCUT2D eigenvalue weighted by Crippen LogP contribution is 2.26. The van der Waals surface area contributed by atoms with Gasteiger partial charge in [-0.05, 0) is 56.0 Å². The summed E-state index contributed by atoms with van der Waals surface area (Å²) in [6.45, 7) is 7.93. The minimum Gasteiger partial charge on any atom is -0.494 e. The minimum absolute atomic E-state index is 0.713. The average molecular weight is 229 g/mol. The van der Waals surface area contributed by atoms with E-state index in [1.807, 2.05) is 19.1 Å². The Morgan fingerprint density at radius 2 is 2.00 bits per heavy atom. The highest BCUT2D eigenvalue weighted by molar-refractivity contribution is 6.05. The number of aliphatic imine (C=N–C) groups is 1. The second kappa shape index (κ2) is 5.17. The fourth-order valence-corrected chi connectivity index (χ4v) is 2.21. The van der Waals surface area contributed by atoms with Gasteiger partial charge < -0.3 is 4.74 Å². The monoisotopic (exact) mass is 229 g/mol. The van der Waals surface area contributed by atoms with Gasteiger partial charge in [-0.1, -0.05) is 12.1 Å². The van der Waals surface area contributed by atoms with E-state index in [4.69, 9.17) is 4.74 Å². The van der Waals surface area contributed by atoms with E-state index in [0.717, 1.165) is 18.7 Å². The molecule has 90 valence electrons. The van der Waals surface area contributed by atoms with E-state index in [9.17, 15) is 0 Å². The van der Waals surface area contributed by atoms with E-state index in [0.29, 0.717) is 6.61 Å². The lowest BCUT2D eigenvalue weighted by atomic mass is 9.98. The summed E-state index contributed by atoms with van der Waals surface area (Å²) >= 11 is 0. The van der Waals surface area contributed by atoms with Crippen LogP contribution < -0.4 is 4.74 Å². The Morgan fingerprint density at radius 1 is 1.29 bits per heavy atom. The van der Waals surface area contributed by atoms with Crippen LogP contribution in [-0.2, 0) is 0 Å². The first-order valence-electron chi connectivity index (χ1n) is 6.16. The van der Waals surface area contributed by atoms with Crippen LogP contribution in [0.15, 0.2) is 34.8 Å². The number of hydrogen-bond donors (Lipinski definition) is 0. The van der Waals surface area contributed by atoms with Crippen molar-refractivity contribution in [2.75, 3.05) is 13.2 Å². The molecule has 2 heteroatoms. The van der Waals surface area contributed by atoms with E-state index in [1.165, 1.54) is 22.4 Å². The van der Waals surface area contributed by atoms with E-state index >= 15 is 0 Å². The van der Waals surface area contributed by atoms with Crippen LogP contribution in [0.3, 0.4) is 0 Å². The summed E-state index contributed by atoms with van der Waals surface area (Å²) in [4.78, 5) is 4.45. The topological polar surface area (TPSA) is 21.6 Å². The van der Waals surface area contributed by atoms with Gasteiger partial charge >= 0.3 is 0 Å². The zero-order chi connectivity index (χ0) is 12.3. The third kappa shape index (κ3) is 2.57. The molecular formula is C15H19NO. The maximum Gasteiger partial charge on any atom is 0.119 e. The van der Waals surface area contributed by atoms with Crippen LogP contribution in [0.4, 0.5) is 0 Å². The number of hydrogen-bond acceptors (Lipinski definition) is 2. The fraction of sp³-hybridized carbons (Fsp3) is 0.400. The van der Waals surface area contributed by atoms with Gasteiger partial charge in [0.1, 0.15) is 5.75 Å². The van der Waals surface area contributed by atoms with Crippen molar-refractivity contribution in [1.82, 2.24) is 0 Å². The molecule has 17 heavy (non-hydrogen) atoms. The summed E-state index contributed by atoms with van der Waals surface area (Å²) in [5.41, 5.74) is 5.19. The number of nitrogens with zero attached hydrogens (tertiary/aromatic N) is 1. The first-order chi connectivity index (χ1) is 8.22. The average Bonchev–Trinajstić information content (AvgIpc) is 2.76. The molecule has 0 spiro atoms. The summed E-state index contributed by atoms with van der Waals surface area (Å²) in [5, 5.41) is 0. The Morgan fingerprint density at radius 3 is 2.53 bits per heavy atom. The molecule has 1 aliphatic rings. The van der Waals surface area contributed by atoms with Crippen molar-refractivity contribution in [2.24, 2.45) is 4.99 Å². The molecule has 0 bridgehead atoms. The van der Waals surface area contributed by atoms with Gasteiger partial charge in [0, 0.05) is 12.3 Å². The van der Waals surface area contributed by atoms with Crippen molar-refractivity contribution in [1.29, 1.82) is 0 Å². The van der Waals surface area contributed by atoms with Crippen molar-refractivity contribution in [3.8, 4) is 5.75 Å². The molecular weight excluding hydrogens is 210 g/mol. The molecule has 0 unspecified atom stereocenters. The molecule has 0 saturated carbocycles. The molecule has 2 rings (SSSR count). The number of allylic oxidation sites excluding steroid dienone is 1. The number of benzene rings is 1. The number of ether oxygens (including phenoxy) is 1. The lowest BCUT2D eigenvalue weighted by Crippen LogP contribution is -1.95. The van der Waals surface area contributed by atoms with Crippen LogP contribution in [0, 0.1) is 0 Å². The zero-order valence-corrected chi connectivity index (χ0v) is 10.8. The molecule has 1 aromatic carbocycles. The van der Waals surface area contributed by atoms with E-state index in [1.54, 1.807) is 0 Å². The Balaban J connectivity index is 2.25. The second-order valence-corrected chi connectivity index (χ2v) is 4.28.